The first-order chi connectivity index (χ1) is 11.6. The largest absolute Gasteiger partial charge is 0.339 e. The van der Waals surface area contributed by atoms with E-state index in [9.17, 15) is 4.79 Å². The van der Waals surface area contributed by atoms with Gasteiger partial charge in [-0.05, 0) is 37.0 Å². The van der Waals surface area contributed by atoms with Gasteiger partial charge < -0.3 is 4.90 Å². The number of carbonyl (C=O) groups excluding carboxylic acids is 1. The van der Waals surface area contributed by atoms with E-state index in [4.69, 9.17) is 11.6 Å². The Morgan fingerprint density at radius 3 is 2.50 bits per heavy atom. The normalized spacial score (nSPS) is 15.6. The lowest BCUT2D eigenvalue weighted by Crippen LogP contribution is -2.32. The van der Waals surface area contributed by atoms with Crippen molar-refractivity contribution >= 4 is 17.5 Å². The number of halogens is 1. The smallest absolute Gasteiger partial charge is 0.257 e. The van der Waals surface area contributed by atoms with Gasteiger partial charge in [0.2, 0.25) is 0 Å². The minimum atomic E-state index is 0.105. The van der Waals surface area contributed by atoms with Crippen LogP contribution in [0.15, 0.2) is 30.5 Å². The summed E-state index contributed by atoms with van der Waals surface area (Å²) in [5, 5.41) is 5.16. The molecule has 0 bridgehead atoms. The number of likely N-dealkylation sites (tertiary alicyclic amines) is 1. The minimum Gasteiger partial charge on any atom is -0.339 e. The molecule has 2 aromatic rings. The molecule has 1 aliphatic rings. The van der Waals surface area contributed by atoms with Crippen molar-refractivity contribution in [2.24, 2.45) is 0 Å². The number of aromatic nitrogens is 2. The van der Waals surface area contributed by atoms with Gasteiger partial charge in [-0.3, -0.25) is 4.79 Å². The van der Waals surface area contributed by atoms with Crippen molar-refractivity contribution in [3.05, 3.63) is 46.7 Å². The Hall–Kier alpha value is -1.81. The number of rotatable bonds is 3. The van der Waals surface area contributed by atoms with Crippen LogP contribution in [0.2, 0.25) is 5.02 Å². The van der Waals surface area contributed by atoms with Crippen LogP contribution in [0.5, 0.6) is 0 Å². The highest BCUT2D eigenvalue weighted by atomic mass is 35.5. The maximum absolute atomic E-state index is 13.0. The number of nitrogens with zero attached hydrogens (tertiary/aromatic N) is 3. The lowest BCUT2D eigenvalue weighted by atomic mass is 10.0. The van der Waals surface area contributed by atoms with E-state index in [0.717, 1.165) is 37.3 Å². The molecule has 0 radical (unpaired) electrons. The molecule has 1 aliphatic heterocycles. The first-order valence-corrected chi connectivity index (χ1v) is 9.09. The maximum atomic E-state index is 13.0. The molecular weight excluding hydrogens is 322 g/mol. The molecule has 0 atom stereocenters. The third-order valence-corrected chi connectivity index (χ3v) is 4.76. The molecule has 4 nitrogen and oxygen atoms in total. The quantitative estimate of drug-likeness (QED) is 0.811. The van der Waals surface area contributed by atoms with Crippen LogP contribution in [0, 0.1) is 0 Å². The summed E-state index contributed by atoms with van der Waals surface area (Å²) in [6.45, 7) is 5.88. The lowest BCUT2D eigenvalue weighted by molar-refractivity contribution is 0.0760. The molecule has 1 fully saturated rings. The van der Waals surface area contributed by atoms with Gasteiger partial charge in [0.05, 0.1) is 23.1 Å². The van der Waals surface area contributed by atoms with E-state index < -0.39 is 0 Å². The number of benzene rings is 1. The van der Waals surface area contributed by atoms with Gasteiger partial charge in [-0.2, -0.15) is 5.10 Å². The molecule has 1 amide bonds. The minimum absolute atomic E-state index is 0.105. The summed E-state index contributed by atoms with van der Waals surface area (Å²) in [4.78, 5) is 15.0. The molecule has 2 heterocycles. The van der Waals surface area contributed by atoms with Gasteiger partial charge in [-0.1, -0.05) is 44.4 Å². The first-order valence-electron chi connectivity index (χ1n) is 8.71. The standard InChI is InChI=1S/C19H24ClN3O/c1-14(2)18-17(19(24)22-10-5-3-4-6-11-22)13-21-23(18)16-9-7-8-15(20)12-16/h7-9,12-14H,3-6,10-11H2,1-2H3. The second-order valence-electron chi connectivity index (χ2n) is 6.70. The van der Waals surface area contributed by atoms with Crippen molar-refractivity contribution in [1.29, 1.82) is 0 Å². The average Bonchev–Trinajstić information content (AvgIpc) is 2.83. The highest BCUT2D eigenvalue weighted by Gasteiger charge is 2.25. The molecule has 24 heavy (non-hydrogen) atoms. The number of carbonyl (C=O) groups is 1. The van der Waals surface area contributed by atoms with E-state index in [2.05, 4.69) is 18.9 Å². The van der Waals surface area contributed by atoms with Crippen LogP contribution in [0.3, 0.4) is 0 Å². The molecule has 0 spiro atoms. The van der Waals surface area contributed by atoms with Crippen LogP contribution in [0.1, 0.15) is 61.5 Å². The molecule has 0 aliphatic carbocycles. The topological polar surface area (TPSA) is 38.1 Å². The van der Waals surface area contributed by atoms with Gasteiger partial charge in [0, 0.05) is 18.1 Å². The average molecular weight is 346 g/mol. The second kappa shape index (κ2) is 7.39. The highest BCUT2D eigenvalue weighted by Crippen LogP contribution is 2.26. The Morgan fingerprint density at radius 1 is 1.17 bits per heavy atom. The zero-order valence-corrected chi connectivity index (χ0v) is 15.1. The zero-order valence-electron chi connectivity index (χ0n) is 14.3. The summed E-state index contributed by atoms with van der Waals surface area (Å²) < 4.78 is 1.85. The maximum Gasteiger partial charge on any atom is 0.257 e. The third-order valence-electron chi connectivity index (χ3n) is 4.53. The number of amides is 1. The summed E-state index contributed by atoms with van der Waals surface area (Å²) in [7, 11) is 0. The summed E-state index contributed by atoms with van der Waals surface area (Å²) in [6, 6.07) is 7.58. The molecule has 3 rings (SSSR count). The van der Waals surface area contributed by atoms with E-state index in [1.54, 1.807) is 6.20 Å². The van der Waals surface area contributed by atoms with E-state index in [1.807, 2.05) is 33.8 Å². The fourth-order valence-corrected chi connectivity index (χ4v) is 3.52. The van der Waals surface area contributed by atoms with Crippen LogP contribution in [-0.2, 0) is 0 Å². The van der Waals surface area contributed by atoms with Crippen LogP contribution in [0.25, 0.3) is 5.69 Å². The van der Waals surface area contributed by atoms with Crippen LogP contribution < -0.4 is 0 Å². The summed E-state index contributed by atoms with van der Waals surface area (Å²) >= 11 is 6.12. The van der Waals surface area contributed by atoms with Crippen molar-refractivity contribution in [3.63, 3.8) is 0 Å². The summed E-state index contributed by atoms with van der Waals surface area (Å²) in [5.74, 6) is 0.297. The number of hydrogen-bond acceptors (Lipinski definition) is 2. The second-order valence-corrected chi connectivity index (χ2v) is 7.13. The summed E-state index contributed by atoms with van der Waals surface area (Å²) in [5.41, 5.74) is 2.56. The van der Waals surface area contributed by atoms with E-state index in [0.29, 0.717) is 10.6 Å². The Balaban J connectivity index is 1.98. The van der Waals surface area contributed by atoms with Crippen molar-refractivity contribution in [1.82, 2.24) is 14.7 Å². The van der Waals surface area contributed by atoms with Crippen LogP contribution in [0.4, 0.5) is 0 Å². The molecule has 0 N–H and O–H groups in total. The molecule has 0 unspecified atom stereocenters. The predicted octanol–water partition coefficient (Wildman–Crippen LogP) is 4.67. The van der Waals surface area contributed by atoms with Crippen LogP contribution >= 0.6 is 11.6 Å². The van der Waals surface area contributed by atoms with E-state index >= 15 is 0 Å². The van der Waals surface area contributed by atoms with E-state index in [-0.39, 0.29) is 11.8 Å². The fourth-order valence-electron chi connectivity index (χ4n) is 3.34. The van der Waals surface area contributed by atoms with Crippen molar-refractivity contribution in [2.45, 2.75) is 45.4 Å². The monoisotopic (exact) mass is 345 g/mol. The number of hydrogen-bond donors (Lipinski definition) is 0. The summed E-state index contributed by atoms with van der Waals surface area (Å²) in [6.07, 6.45) is 6.31. The van der Waals surface area contributed by atoms with E-state index in [1.165, 1.54) is 12.8 Å². The first kappa shape index (κ1) is 17.0. The Kier molecular flexibility index (Phi) is 5.24. The Labute approximate surface area is 148 Å². The van der Waals surface area contributed by atoms with Crippen molar-refractivity contribution in [3.8, 4) is 5.69 Å². The van der Waals surface area contributed by atoms with Gasteiger partial charge in [0.1, 0.15) is 0 Å². The SMILES string of the molecule is CC(C)c1c(C(=O)N2CCCCCC2)cnn1-c1cccc(Cl)c1. The highest BCUT2D eigenvalue weighted by molar-refractivity contribution is 6.30. The van der Waals surface area contributed by atoms with Gasteiger partial charge in [-0.25, -0.2) is 4.68 Å². The van der Waals surface area contributed by atoms with Crippen molar-refractivity contribution < 1.29 is 4.79 Å². The van der Waals surface area contributed by atoms with Gasteiger partial charge in [0.15, 0.2) is 0 Å². The van der Waals surface area contributed by atoms with Crippen molar-refractivity contribution in [2.75, 3.05) is 13.1 Å². The molecule has 128 valence electrons. The molecule has 5 heteroatoms. The van der Waals surface area contributed by atoms with Gasteiger partial charge >= 0.3 is 0 Å². The fraction of sp³-hybridized carbons (Fsp3) is 0.474. The van der Waals surface area contributed by atoms with Gasteiger partial charge in [0.25, 0.3) is 5.91 Å². The third kappa shape index (κ3) is 3.48. The molecule has 1 saturated heterocycles. The molecule has 1 aromatic carbocycles. The Morgan fingerprint density at radius 2 is 1.88 bits per heavy atom. The zero-order chi connectivity index (χ0) is 17.1. The molecule has 1 aromatic heterocycles. The lowest BCUT2D eigenvalue weighted by Gasteiger charge is -2.21. The predicted molar refractivity (Wildman–Crippen MR) is 97.0 cm³/mol. The Bertz CT molecular complexity index is 715. The van der Waals surface area contributed by atoms with Gasteiger partial charge in [-0.15, -0.1) is 0 Å². The molecular formula is C19H24ClN3O. The van der Waals surface area contributed by atoms with Crippen LogP contribution in [-0.4, -0.2) is 33.7 Å². The molecule has 0 saturated carbocycles.